The van der Waals surface area contributed by atoms with Gasteiger partial charge in [0.25, 0.3) is 0 Å². The van der Waals surface area contributed by atoms with Gasteiger partial charge < -0.3 is 5.32 Å². The van der Waals surface area contributed by atoms with Crippen LogP contribution < -0.4 is 5.32 Å². The van der Waals surface area contributed by atoms with Gasteiger partial charge in [0.15, 0.2) is 0 Å². The number of allylic oxidation sites excluding steroid dienone is 6. The fraction of sp³-hybridized carbons (Fsp3) is 0.0238. The Balaban J connectivity index is 1.52. The fourth-order valence-electron chi connectivity index (χ4n) is 5.45. The Morgan fingerprint density at radius 2 is 1.60 bits per heavy atom. The molecule has 0 radical (unpaired) electrons. The van der Waals surface area contributed by atoms with E-state index in [-0.39, 0.29) is 0 Å². The molecule has 5 aromatic rings. The second-order valence-electron chi connectivity index (χ2n) is 11.3. The number of aromatic nitrogens is 6. The standard InChI is InChI=1S/C42H28N10/c1-30(32-10-14-43-26-45-20-32)8-9-31(16-34(17-38-6-2-4-12-51-38)33-11-15-44-27-46-21-33)35-18-39(36-22-47-28-48-23-36)42(41-7-3-5-13-52-41)40(19-35)37-24-49-29-50-25-37/h2-8,12-14,16,18-29H,1,17H2,(H,44,46)/b34-16+. The highest BCUT2D eigenvalue weighted by atomic mass is 14.9. The number of hydrogen-bond donors (Lipinski definition) is 1. The van der Waals surface area contributed by atoms with Gasteiger partial charge in [0.1, 0.15) is 25.3 Å². The zero-order valence-corrected chi connectivity index (χ0v) is 27.7. The van der Waals surface area contributed by atoms with Gasteiger partial charge in [-0.2, -0.15) is 4.99 Å². The SMILES string of the molecule is C=C(C=C=C(/C=C(\Cc1ccccn1)C1=CNC=NC#C1)c1cc(-c2cncnc2)c(-c2ccccn2)c(-c2cncnc2)c1)C1=C=CN=CN=C1. The molecule has 0 amide bonds. The van der Waals surface area contributed by atoms with Gasteiger partial charge in [0.05, 0.1) is 11.9 Å². The second-order valence-corrected chi connectivity index (χ2v) is 11.3. The largest absolute Gasteiger partial charge is 0.351 e. The Morgan fingerprint density at radius 3 is 2.29 bits per heavy atom. The lowest BCUT2D eigenvalue weighted by molar-refractivity contribution is 1.06. The molecule has 0 atom stereocenters. The van der Waals surface area contributed by atoms with Crippen molar-refractivity contribution in [1.29, 1.82) is 0 Å². The number of rotatable bonds is 10. The van der Waals surface area contributed by atoms with Crippen molar-refractivity contribution in [3.8, 4) is 45.5 Å². The number of nitrogens with zero attached hydrogens (tertiary/aromatic N) is 9. The van der Waals surface area contributed by atoms with E-state index in [1.165, 1.54) is 19.0 Å². The van der Waals surface area contributed by atoms with Crippen LogP contribution in [0.4, 0.5) is 0 Å². The van der Waals surface area contributed by atoms with Crippen molar-refractivity contribution < 1.29 is 0 Å². The summed E-state index contributed by atoms with van der Waals surface area (Å²) in [6.45, 7) is 4.29. The minimum absolute atomic E-state index is 0.484. The Hall–Kier alpha value is -7.69. The van der Waals surface area contributed by atoms with Crippen molar-refractivity contribution in [2.75, 3.05) is 0 Å². The van der Waals surface area contributed by atoms with Gasteiger partial charge in [-0.3, -0.25) is 9.97 Å². The Kier molecular flexibility index (Phi) is 10.2. The van der Waals surface area contributed by atoms with Gasteiger partial charge in [0.2, 0.25) is 0 Å². The molecule has 1 N–H and O–H groups in total. The quantitative estimate of drug-likeness (QED) is 0.0967. The van der Waals surface area contributed by atoms with Crippen LogP contribution >= 0.6 is 0 Å². The summed E-state index contributed by atoms with van der Waals surface area (Å²) in [5.74, 6) is 3.18. The van der Waals surface area contributed by atoms with E-state index in [1.807, 2.05) is 48.7 Å². The highest BCUT2D eigenvalue weighted by Gasteiger charge is 2.20. The highest BCUT2D eigenvalue weighted by Crippen LogP contribution is 2.41. The van der Waals surface area contributed by atoms with Gasteiger partial charge in [0, 0.05) is 101 Å². The van der Waals surface area contributed by atoms with Crippen LogP contribution in [0.5, 0.6) is 0 Å². The number of benzene rings is 1. The molecule has 10 heteroatoms. The monoisotopic (exact) mass is 672 g/mol. The van der Waals surface area contributed by atoms with Crippen LogP contribution in [0.25, 0.3) is 39.1 Å². The minimum atomic E-state index is 0.484. The molecule has 0 saturated heterocycles. The molecule has 1 aromatic carbocycles. The molecule has 6 heterocycles. The molecule has 0 saturated carbocycles. The molecule has 52 heavy (non-hydrogen) atoms. The van der Waals surface area contributed by atoms with Gasteiger partial charge in [-0.15, -0.1) is 5.73 Å². The van der Waals surface area contributed by atoms with Crippen molar-refractivity contribution in [3.63, 3.8) is 0 Å². The molecular weight excluding hydrogens is 645 g/mol. The molecule has 246 valence electrons. The summed E-state index contributed by atoms with van der Waals surface area (Å²) in [6.07, 6.45) is 26.1. The van der Waals surface area contributed by atoms with Gasteiger partial charge in [-0.05, 0) is 82.3 Å². The normalized spacial score (nSPS) is 13.0. The van der Waals surface area contributed by atoms with Gasteiger partial charge in [-0.25, -0.2) is 29.9 Å². The average molecular weight is 673 g/mol. The first-order valence-corrected chi connectivity index (χ1v) is 16.1. The van der Waals surface area contributed by atoms with Crippen LogP contribution in [0.15, 0.2) is 178 Å². The summed E-state index contributed by atoms with van der Waals surface area (Å²) in [5.41, 5.74) is 17.0. The minimum Gasteiger partial charge on any atom is -0.351 e. The van der Waals surface area contributed by atoms with Crippen LogP contribution in [-0.4, -0.2) is 48.8 Å². The van der Waals surface area contributed by atoms with E-state index in [9.17, 15) is 0 Å². The predicted octanol–water partition coefficient (Wildman–Crippen LogP) is 6.95. The summed E-state index contributed by atoms with van der Waals surface area (Å²) < 4.78 is 0. The zero-order chi connectivity index (χ0) is 35.4. The molecule has 0 fully saturated rings. The van der Waals surface area contributed by atoms with Crippen LogP contribution in [-0.2, 0) is 6.42 Å². The lowest BCUT2D eigenvalue weighted by Crippen LogP contribution is -2.04. The molecule has 2 aliphatic heterocycles. The summed E-state index contributed by atoms with van der Waals surface area (Å²) in [6, 6.07) is 18.7. The Labute approximate surface area is 300 Å². The van der Waals surface area contributed by atoms with Gasteiger partial charge >= 0.3 is 0 Å². The summed E-state index contributed by atoms with van der Waals surface area (Å²) in [4.78, 5) is 39.2. The van der Waals surface area contributed by atoms with E-state index in [2.05, 4.69) is 93.4 Å². The van der Waals surface area contributed by atoms with E-state index < -0.39 is 0 Å². The van der Waals surface area contributed by atoms with Crippen LogP contribution in [0, 0.1) is 12.0 Å². The Morgan fingerprint density at radius 1 is 0.865 bits per heavy atom. The Bertz CT molecular complexity index is 2410. The second kappa shape index (κ2) is 16.1. The van der Waals surface area contributed by atoms with Crippen molar-refractivity contribution in [2.45, 2.75) is 6.42 Å². The average Bonchev–Trinajstić information content (AvgIpc) is 3.67. The molecule has 0 spiro atoms. The van der Waals surface area contributed by atoms with Crippen LogP contribution in [0.3, 0.4) is 0 Å². The third-order valence-electron chi connectivity index (χ3n) is 7.88. The predicted molar refractivity (Wildman–Crippen MR) is 204 cm³/mol. The van der Waals surface area contributed by atoms with Crippen molar-refractivity contribution in [1.82, 2.24) is 35.2 Å². The molecule has 7 rings (SSSR count). The van der Waals surface area contributed by atoms with E-state index in [0.717, 1.165) is 61.5 Å². The molecule has 10 nitrogen and oxygen atoms in total. The van der Waals surface area contributed by atoms with Crippen molar-refractivity contribution in [2.24, 2.45) is 15.0 Å². The molecule has 0 aliphatic carbocycles. The lowest BCUT2D eigenvalue weighted by atomic mass is 9.86. The summed E-state index contributed by atoms with van der Waals surface area (Å²) in [5, 5.41) is 3.09. The topological polar surface area (TPSA) is 126 Å². The highest BCUT2D eigenvalue weighted by molar-refractivity contribution is 5.96. The van der Waals surface area contributed by atoms with Crippen molar-refractivity contribution in [3.05, 3.63) is 175 Å². The first-order chi connectivity index (χ1) is 25.7. The maximum absolute atomic E-state index is 4.76. The molecule has 0 bridgehead atoms. The van der Waals surface area contributed by atoms with E-state index >= 15 is 0 Å². The summed E-state index contributed by atoms with van der Waals surface area (Å²) in [7, 11) is 0. The maximum atomic E-state index is 4.76. The third kappa shape index (κ3) is 7.95. The first-order valence-electron chi connectivity index (χ1n) is 16.1. The molecule has 0 unspecified atom stereocenters. The fourth-order valence-corrected chi connectivity index (χ4v) is 5.45. The van der Waals surface area contributed by atoms with Gasteiger partial charge in [-0.1, -0.05) is 24.4 Å². The first kappa shape index (κ1) is 32.8. The number of hydrogen-bond acceptors (Lipinski definition) is 10. The molecular formula is C42H28N10. The number of aliphatic imine (C=N–C) groups is 3. The zero-order valence-electron chi connectivity index (χ0n) is 27.7. The van der Waals surface area contributed by atoms with E-state index in [4.69, 9.17) is 4.98 Å². The lowest BCUT2D eigenvalue weighted by Gasteiger charge is -2.18. The van der Waals surface area contributed by atoms with Crippen LogP contribution in [0.1, 0.15) is 11.3 Å². The van der Waals surface area contributed by atoms with E-state index in [1.54, 1.807) is 55.9 Å². The third-order valence-corrected chi connectivity index (χ3v) is 7.88. The number of pyridine rings is 2. The molecule has 4 aromatic heterocycles. The van der Waals surface area contributed by atoms with E-state index in [0.29, 0.717) is 17.6 Å². The maximum Gasteiger partial charge on any atom is 0.116 e. The molecule has 2 aliphatic rings. The van der Waals surface area contributed by atoms with Crippen molar-refractivity contribution >= 4 is 24.5 Å². The smallest absolute Gasteiger partial charge is 0.116 e. The summed E-state index contributed by atoms with van der Waals surface area (Å²) >= 11 is 0. The van der Waals surface area contributed by atoms with Crippen LogP contribution in [0.2, 0.25) is 0 Å². The number of nitrogens with one attached hydrogen (secondary N) is 1.